The third kappa shape index (κ3) is 4.44. The first kappa shape index (κ1) is 22.1. The molecule has 0 aliphatic carbocycles. The van der Waals surface area contributed by atoms with Gasteiger partial charge >= 0.3 is 0 Å². The number of carbonyl (C=O) groups is 1. The van der Waals surface area contributed by atoms with Crippen LogP contribution in [0.3, 0.4) is 0 Å². The molecule has 0 saturated heterocycles. The predicted molar refractivity (Wildman–Crippen MR) is 122 cm³/mol. The maximum absolute atomic E-state index is 12.8. The largest absolute Gasteiger partial charge is 0.496 e. The van der Waals surface area contributed by atoms with E-state index in [1.54, 1.807) is 24.3 Å². The number of amides is 1. The summed E-state index contributed by atoms with van der Waals surface area (Å²) in [5.74, 6) is 1.51. The molecule has 172 valence electrons. The third-order valence-electron chi connectivity index (χ3n) is 5.11. The molecule has 1 amide bonds. The number of fused-ring (bicyclic) bond motifs is 1. The van der Waals surface area contributed by atoms with Crippen LogP contribution in [-0.2, 0) is 6.42 Å². The number of para-hydroxylation sites is 1. The van der Waals surface area contributed by atoms with Crippen molar-refractivity contribution in [3.05, 3.63) is 60.0 Å². The van der Waals surface area contributed by atoms with Crippen molar-refractivity contribution in [1.29, 1.82) is 0 Å². The van der Waals surface area contributed by atoms with Crippen LogP contribution >= 0.6 is 0 Å². The fourth-order valence-corrected chi connectivity index (χ4v) is 3.51. The first-order valence-electron chi connectivity index (χ1n) is 10.2. The van der Waals surface area contributed by atoms with Crippen molar-refractivity contribution in [3.8, 4) is 28.9 Å². The van der Waals surface area contributed by atoms with Gasteiger partial charge in [-0.25, -0.2) is 0 Å². The van der Waals surface area contributed by atoms with Crippen LogP contribution in [-0.4, -0.2) is 43.9 Å². The molecule has 4 rings (SSSR count). The van der Waals surface area contributed by atoms with Gasteiger partial charge in [0.1, 0.15) is 22.9 Å². The molecule has 9 heteroatoms. The Bertz CT molecular complexity index is 1250. The molecule has 0 saturated carbocycles. The monoisotopic (exact) mass is 452 g/mol. The number of nitrogens with one attached hydrogen (secondary N) is 2. The molecule has 0 aliphatic rings. The van der Waals surface area contributed by atoms with E-state index < -0.39 is 5.91 Å². The van der Waals surface area contributed by atoms with Gasteiger partial charge in [0, 0.05) is 36.4 Å². The van der Waals surface area contributed by atoms with Crippen LogP contribution < -0.4 is 24.3 Å². The van der Waals surface area contributed by atoms with Gasteiger partial charge in [-0.2, -0.15) is 0 Å². The highest BCUT2D eigenvalue weighted by atomic mass is 16.6. The molecule has 3 N–H and O–H groups in total. The lowest BCUT2D eigenvalue weighted by Crippen LogP contribution is -2.13. The van der Waals surface area contributed by atoms with E-state index in [4.69, 9.17) is 23.4 Å². The zero-order valence-corrected chi connectivity index (χ0v) is 18.4. The first-order valence-corrected chi connectivity index (χ1v) is 10.2. The summed E-state index contributed by atoms with van der Waals surface area (Å²) < 4.78 is 27.5. The number of furan rings is 1. The van der Waals surface area contributed by atoms with Crippen LogP contribution in [0.2, 0.25) is 0 Å². The van der Waals surface area contributed by atoms with Gasteiger partial charge in [-0.05, 0) is 24.1 Å². The van der Waals surface area contributed by atoms with Crippen molar-refractivity contribution >= 4 is 22.5 Å². The molecule has 0 fully saturated rings. The molecule has 2 aromatic carbocycles. The van der Waals surface area contributed by atoms with E-state index in [1.807, 2.05) is 18.3 Å². The summed E-state index contributed by atoms with van der Waals surface area (Å²) in [5.41, 5.74) is 2.10. The van der Waals surface area contributed by atoms with E-state index in [0.29, 0.717) is 35.1 Å². The Hall–Kier alpha value is -4.11. The van der Waals surface area contributed by atoms with E-state index >= 15 is 0 Å². The second-order valence-electron chi connectivity index (χ2n) is 7.05. The average Bonchev–Trinajstić information content (AvgIpc) is 3.47. The van der Waals surface area contributed by atoms with Crippen molar-refractivity contribution in [2.24, 2.45) is 0 Å². The van der Waals surface area contributed by atoms with Crippen LogP contribution in [0.25, 0.3) is 10.9 Å². The van der Waals surface area contributed by atoms with Gasteiger partial charge in [0.2, 0.25) is 0 Å². The molecule has 4 aromatic rings. The van der Waals surface area contributed by atoms with Gasteiger partial charge in [0.25, 0.3) is 11.9 Å². The van der Waals surface area contributed by atoms with Crippen molar-refractivity contribution in [2.45, 2.75) is 6.42 Å². The second-order valence-corrected chi connectivity index (χ2v) is 7.05. The number of anilines is 1. The number of aromatic nitrogens is 1. The number of hydrogen-bond donors (Lipinski definition) is 3. The number of aromatic amines is 1. The van der Waals surface area contributed by atoms with Crippen LogP contribution in [0, 0.1) is 0 Å². The average molecular weight is 452 g/mol. The normalized spacial score (nSPS) is 10.8. The summed E-state index contributed by atoms with van der Waals surface area (Å²) in [6.07, 6.45) is 2.37. The smallest absolute Gasteiger partial charge is 0.291 e. The standard InChI is InChI=1S/C24H24N2O7/c1-29-15-11-19(30-2)23(20(12-15)31-3)26-24(28)18-7-8-21(33-18)32-17-6-4-5-16-14(9-10-27)13-25-22(16)17/h4-8,11-13,25,27H,9-10H2,1-3H3,(H,26,28). The molecule has 0 aliphatic heterocycles. The zero-order chi connectivity index (χ0) is 23.4. The van der Waals surface area contributed by atoms with E-state index in [2.05, 4.69) is 10.3 Å². The minimum Gasteiger partial charge on any atom is -0.496 e. The topological polar surface area (TPSA) is 115 Å². The van der Waals surface area contributed by atoms with Gasteiger partial charge in [-0.1, -0.05) is 12.1 Å². The van der Waals surface area contributed by atoms with Gasteiger partial charge < -0.3 is 38.8 Å². The highest BCUT2D eigenvalue weighted by Crippen LogP contribution is 2.39. The van der Waals surface area contributed by atoms with E-state index in [-0.39, 0.29) is 18.3 Å². The van der Waals surface area contributed by atoms with Gasteiger partial charge in [0.05, 0.1) is 26.8 Å². The summed E-state index contributed by atoms with van der Waals surface area (Å²) in [5, 5.41) is 12.9. The molecular formula is C24H24N2O7. The maximum atomic E-state index is 12.8. The molecular weight excluding hydrogens is 428 g/mol. The summed E-state index contributed by atoms with van der Waals surface area (Å²) in [6, 6.07) is 11.9. The Morgan fingerprint density at radius 3 is 2.45 bits per heavy atom. The SMILES string of the molecule is COc1cc(OC)c(NC(=O)c2ccc(Oc3cccc4c(CCO)c[nH]c34)o2)c(OC)c1. The fourth-order valence-electron chi connectivity index (χ4n) is 3.51. The molecule has 0 radical (unpaired) electrons. The molecule has 0 atom stereocenters. The van der Waals surface area contributed by atoms with Crippen LogP contribution in [0.1, 0.15) is 16.1 Å². The number of H-pyrrole nitrogens is 1. The molecule has 0 unspecified atom stereocenters. The summed E-state index contributed by atoms with van der Waals surface area (Å²) in [7, 11) is 4.49. The summed E-state index contributed by atoms with van der Waals surface area (Å²) in [4.78, 5) is 16.0. The Morgan fingerprint density at radius 1 is 1.03 bits per heavy atom. The summed E-state index contributed by atoms with van der Waals surface area (Å²) in [6.45, 7) is 0.0540. The van der Waals surface area contributed by atoms with Crippen LogP contribution in [0.15, 0.2) is 53.1 Å². The number of carbonyl (C=O) groups excluding carboxylic acids is 1. The van der Waals surface area contributed by atoms with Crippen molar-refractivity contribution in [2.75, 3.05) is 33.3 Å². The lowest BCUT2D eigenvalue weighted by atomic mass is 10.1. The zero-order valence-electron chi connectivity index (χ0n) is 18.4. The van der Waals surface area contributed by atoms with E-state index in [9.17, 15) is 9.90 Å². The Balaban J connectivity index is 1.55. The van der Waals surface area contributed by atoms with E-state index in [1.165, 1.54) is 27.4 Å². The van der Waals surface area contributed by atoms with Crippen molar-refractivity contribution in [1.82, 2.24) is 4.98 Å². The number of benzene rings is 2. The number of rotatable bonds is 9. The second kappa shape index (κ2) is 9.58. The number of aliphatic hydroxyl groups is 1. The van der Waals surface area contributed by atoms with E-state index in [0.717, 1.165) is 16.5 Å². The Kier molecular flexibility index (Phi) is 6.41. The van der Waals surface area contributed by atoms with Gasteiger partial charge in [-0.3, -0.25) is 4.79 Å². The molecule has 0 spiro atoms. The summed E-state index contributed by atoms with van der Waals surface area (Å²) >= 11 is 0. The quantitative estimate of drug-likeness (QED) is 0.345. The van der Waals surface area contributed by atoms with Crippen molar-refractivity contribution in [3.63, 3.8) is 0 Å². The number of aliphatic hydroxyl groups excluding tert-OH is 1. The third-order valence-corrected chi connectivity index (χ3v) is 5.11. The van der Waals surface area contributed by atoms with Crippen LogP contribution in [0.4, 0.5) is 5.69 Å². The lowest BCUT2D eigenvalue weighted by molar-refractivity contribution is 0.0991. The maximum Gasteiger partial charge on any atom is 0.291 e. The first-order chi connectivity index (χ1) is 16.1. The van der Waals surface area contributed by atoms with Gasteiger partial charge in [-0.15, -0.1) is 0 Å². The number of hydrogen-bond acceptors (Lipinski definition) is 7. The number of methoxy groups -OCH3 is 3. The van der Waals surface area contributed by atoms with Gasteiger partial charge in [0.15, 0.2) is 11.5 Å². The minimum absolute atomic E-state index is 0.0459. The highest BCUT2D eigenvalue weighted by molar-refractivity contribution is 6.04. The Morgan fingerprint density at radius 2 is 1.79 bits per heavy atom. The predicted octanol–water partition coefficient (Wildman–Crippen LogP) is 4.37. The Labute approximate surface area is 189 Å². The highest BCUT2D eigenvalue weighted by Gasteiger charge is 2.20. The molecule has 0 bridgehead atoms. The molecule has 33 heavy (non-hydrogen) atoms. The van der Waals surface area contributed by atoms with Crippen LogP contribution in [0.5, 0.6) is 28.9 Å². The van der Waals surface area contributed by atoms with Crippen molar-refractivity contribution < 1.29 is 33.3 Å². The lowest BCUT2D eigenvalue weighted by Gasteiger charge is -2.15. The minimum atomic E-state index is -0.505. The molecule has 2 aromatic heterocycles. The fraction of sp³-hybridized carbons (Fsp3) is 0.208. The number of ether oxygens (including phenoxy) is 4. The molecule has 2 heterocycles. The molecule has 9 nitrogen and oxygen atoms in total.